The van der Waals surface area contributed by atoms with Crippen LogP contribution < -0.4 is 4.74 Å². The largest absolute Gasteiger partial charge is 0.496 e. The summed E-state index contributed by atoms with van der Waals surface area (Å²) in [7, 11) is 3.29. The van der Waals surface area contributed by atoms with E-state index in [1.807, 2.05) is 19.2 Å². The third-order valence-electron chi connectivity index (χ3n) is 5.02. The third-order valence-corrected chi connectivity index (χ3v) is 5.40. The minimum Gasteiger partial charge on any atom is -0.496 e. The predicted molar refractivity (Wildman–Crippen MR) is 108 cm³/mol. The van der Waals surface area contributed by atoms with Crippen LogP contribution in [0, 0.1) is 17.1 Å². The number of nitrogens with zero attached hydrogens (tertiary/aromatic N) is 4. The minimum absolute atomic E-state index is 0.0364. The Balaban J connectivity index is 1.88. The van der Waals surface area contributed by atoms with Crippen molar-refractivity contribution in [2.45, 2.75) is 12.8 Å². The summed E-state index contributed by atoms with van der Waals surface area (Å²) in [4.78, 5) is 7.63. The van der Waals surface area contributed by atoms with Gasteiger partial charge in [-0.25, -0.2) is 9.37 Å². The summed E-state index contributed by atoms with van der Waals surface area (Å²) in [6, 6.07) is 6.91. The lowest BCUT2D eigenvalue weighted by molar-refractivity contribution is 0.407. The van der Waals surface area contributed by atoms with E-state index < -0.39 is 5.82 Å². The van der Waals surface area contributed by atoms with E-state index in [1.165, 1.54) is 13.2 Å². The number of hydrogen-bond donors (Lipinski definition) is 1. The van der Waals surface area contributed by atoms with Gasteiger partial charge in [-0.3, -0.25) is 4.68 Å². The van der Waals surface area contributed by atoms with Crippen molar-refractivity contribution in [3.05, 3.63) is 64.5 Å². The summed E-state index contributed by atoms with van der Waals surface area (Å²) in [5.74, 6) is -0.244. The molecular weight excluding hydrogens is 393 g/mol. The number of nitrogens with one attached hydrogen (secondary N) is 1. The number of nitriles is 1. The highest BCUT2D eigenvalue weighted by molar-refractivity contribution is 6.31. The van der Waals surface area contributed by atoms with Crippen LogP contribution in [0.2, 0.25) is 5.02 Å². The first-order valence-electron chi connectivity index (χ1n) is 8.87. The Morgan fingerprint density at radius 1 is 1.38 bits per heavy atom. The van der Waals surface area contributed by atoms with Crippen molar-refractivity contribution in [1.82, 2.24) is 19.7 Å². The van der Waals surface area contributed by atoms with E-state index in [9.17, 15) is 9.65 Å². The average Bonchev–Trinajstić information content (AvgIpc) is 3.31. The molecule has 1 aromatic carbocycles. The highest BCUT2D eigenvalue weighted by atomic mass is 35.5. The van der Waals surface area contributed by atoms with Gasteiger partial charge in [0.1, 0.15) is 23.3 Å². The van der Waals surface area contributed by atoms with Crippen LogP contribution in [-0.4, -0.2) is 26.9 Å². The molecule has 0 fully saturated rings. The topological polar surface area (TPSA) is 79.5 Å². The molecule has 1 N–H and O–H groups in total. The van der Waals surface area contributed by atoms with Crippen molar-refractivity contribution < 1.29 is 9.13 Å². The van der Waals surface area contributed by atoms with E-state index in [1.54, 1.807) is 30.2 Å². The van der Waals surface area contributed by atoms with Crippen molar-refractivity contribution in [1.29, 1.82) is 5.26 Å². The maximum absolute atomic E-state index is 14.1. The van der Waals surface area contributed by atoms with Gasteiger partial charge >= 0.3 is 0 Å². The number of fused-ring (bicyclic) bond motifs is 1. The molecule has 0 bridgehead atoms. The van der Waals surface area contributed by atoms with Crippen LogP contribution in [0.3, 0.4) is 0 Å². The lowest BCUT2D eigenvalue weighted by Gasteiger charge is -2.17. The molecule has 0 aliphatic carbocycles. The number of aryl methyl sites for hydroxylation is 1. The fourth-order valence-corrected chi connectivity index (χ4v) is 3.92. The number of halogens is 2. The Bertz CT molecular complexity index is 1270. The van der Waals surface area contributed by atoms with Gasteiger partial charge in [0.2, 0.25) is 0 Å². The van der Waals surface area contributed by atoms with E-state index in [4.69, 9.17) is 16.3 Å². The lowest BCUT2D eigenvalue weighted by Crippen LogP contribution is -2.02. The Kier molecular flexibility index (Phi) is 4.73. The molecule has 0 spiro atoms. The first-order chi connectivity index (χ1) is 13.9. The van der Waals surface area contributed by atoms with Crippen LogP contribution in [0.25, 0.3) is 22.2 Å². The number of aromatic nitrogens is 4. The molecule has 0 saturated heterocycles. The van der Waals surface area contributed by atoms with Crippen LogP contribution in [-0.2, 0) is 7.05 Å². The molecule has 6 nitrogen and oxygen atoms in total. The molecule has 0 aliphatic rings. The van der Waals surface area contributed by atoms with Crippen LogP contribution in [0.5, 0.6) is 5.75 Å². The van der Waals surface area contributed by atoms with Gasteiger partial charge in [-0.05, 0) is 23.8 Å². The van der Waals surface area contributed by atoms with Gasteiger partial charge in [0.05, 0.1) is 12.1 Å². The zero-order chi connectivity index (χ0) is 20.7. The second kappa shape index (κ2) is 7.22. The maximum Gasteiger partial charge on any atom is 0.170 e. The first-order valence-corrected chi connectivity index (χ1v) is 9.25. The normalized spacial score (nSPS) is 12.1. The van der Waals surface area contributed by atoms with E-state index in [0.717, 1.165) is 16.5 Å². The van der Waals surface area contributed by atoms with Gasteiger partial charge in [0, 0.05) is 53.6 Å². The van der Waals surface area contributed by atoms with Crippen LogP contribution >= 0.6 is 11.6 Å². The monoisotopic (exact) mass is 409 g/mol. The van der Waals surface area contributed by atoms with Gasteiger partial charge in [-0.2, -0.15) is 10.4 Å². The maximum atomic E-state index is 14.1. The van der Waals surface area contributed by atoms with Crippen molar-refractivity contribution in [2.24, 2.45) is 7.05 Å². The molecule has 0 amide bonds. The van der Waals surface area contributed by atoms with E-state index in [0.29, 0.717) is 28.2 Å². The summed E-state index contributed by atoms with van der Waals surface area (Å²) < 4.78 is 21.1. The van der Waals surface area contributed by atoms with Gasteiger partial charge in [0.15, 0.2) is 5.69 Å². The third kappa shape index (κ3) is 3.12. The average molecular weight is 410 g/mol. The number of H-pyrrole nitrogens is 1. The van der Waals surface area contributed by atoms with Crippen LogP contribution in [0.4, 0.5) is 4.39 Å². The predicted octanol–water partition coefficient (Wildman–Crippen LogP) is 4.79. The Morgan fingerprint density at radius 2 is 2.17 bits per heavy atom. The molecule has 146 valence electrons. The zero-order valence-corrected chi connectivity index (χ0v) is 16.8. The van der Waals surface area contributed by atoms with Crippen LogP contribution in [0.15, 0.2) is 36.8 Å². The molecule has 0 saturated carbocycles. The highest BCUT2D eigenvalue weighted by Gasteiger charge is 2.23. The molecule has 0 radical (unpaired) electrons. The number of methoxy groups -OCH3 is 1. The SMILES string of the molecule is COc1ccc(F)c(Cl)c1C(C)c1c[nH]c2ncc(-c3cn(C)nc3C#N)cc12. The van der Waals surface area contributed by atoms with Gasteiger partial charge in [-0.1, -0.05) is 18.5 Å². The zero-order valence-electron chi connectivity index (χ0n) is 16.0. The molecule has 1 atom stereocenters. The standard InChI is InChI=1S/C21H17ClFN5O/c1-11(19-18(29-3)5-4-16(23)20(19)22)14-9-26-21-13(14)6-12(8-25-21)15-10-28(2)27-17(15)7-24/h4-6,8-11H,1-3H3,(H,25,26). The van der Waals surface area contributed by atoms with Gasteiger partial charge in [-0.15, -0.1) is 0 Å². The Labute approximate surface area is 171 Å². The lowest BCUT2D eigenvalue weighted by atomic mass is 9.91. The highest BCUT2D eigenvalue weighted by Crippen LogP contribution is 2.40. The molecule has 29 heavy (non-hydrogen) atoms. The second-order valence-electron chi connectivity index (χ2n) is 6.74. The number of rotatable bonds is 4. The van der Waals surface area contributed by atoms with E-state index in [2.05, 4.69) is 21.1 Å². The second-order valence-corrected chi connectivity index (χ2v) is 7.12. The van der Waals surface area contributed by atoms with Crippen molar-refractivity contribution >= 4 is 22.6 Å². The van der Waals surface area contributed by atoms with Crippen molar-refractivity contribution in [2.75, 3.05) is 7.11 Å². The number of hydrogen-bond acceptors (Lipinski definition) is 4. The summed E-state index contributed by atoms with van der Waals surface area (Å²) in [5, 5.41) is 14.4. The van der Waals surface area contributed by atoms with E-state index in [-0.39, 0.29) is 10.9 Å². The minimum atomic E-state index is -0.498. The molecule has 3 aromatic heterocycles. The smallest absolute Gasteiger partial charge is 0.170 e. The summed E-state index contributed by atoms with van der Waals surface area (Å²) >= 11 is 6.28. The Hall–Kier alpha value is -3.37. The molecule has 1 unspecified atom stereocenters. The molecule has 8 heteroatoms. The number of ether oxygens (including phenoxy) is 1. The molecule has 0 aliphatic heterocycles. The number of benzene rings is 1. The molecule has 3 heterocycles. The fourth-order valence-electron chi connectivity index (χ4n) is 3.60. The van der Waals surface area contributed by atoms with Crippen molar-refractivity contribution in [3.8, 4) is 22.9 Å². The molecule has 4 rings (SSSR count). The first kappa shape index (κ1) is 19.0. The van der Waals surface area contributed by atoms with Crippen LogP contribution in [0.1, 0.15) is 29.7 Å². The molecule has 4 aromatic rings. The van der Waals surface area contributed by atoms with Crippen molar-refractivity contribution in [3.63, 3.8) is 0 Å². The fraction of sp³-hybridized carbons (Fsp3) is 0.190. The summed E-state index contributed by atoms with van der Waals surface area (Å²) in [6.45, 7) is 1.93. The molecular formula is C21H17ClFN5O. The summed E-state index contributed by atoms with van der Waals surface area (Å²) in [6.07, 6.45) is 5.31. The summed E-state index contributed by atoms with van der Waals surface area (Å²) in [5.41, 5.74) is 3.94. The quantitative estimate of drug-likeness (QED) is 0.525. The number of aromatic amines is 1. The van der Waals surface area contributed by atoms with Gasteiger partial charge in [0.25, 0.3) is 0 Å². The number of pyridine rings is 1. The van der Waals surface area contributed by atoms with E-state index >= 15 is 0 Å². The van der Waals surface area contributed by atoms with Gasteiger partial charge < -0.3 is 9.72 Å². The Morgan fingerprint density at radius 3 is 2.90 bits per heavy atom.